The molecular weight excluding hydrogens is 374 g/mol. The second kappa shape index (κ2) is 10.0. The topological polar surface area (TPSA) is 68.0 Å². The number of carboxylic acids is 1. The van der Waals surface area contributed by atoms with Gasteiger partial charge < -0.3 is 5.11 Å². The summed E-state index contributed by atoms with van der Waals surface area (Å²) in [4.78, 5) is 16.2. The van der Waals surface area contributed by atoms with E-state index in [-0.39, 0.29) is 0 Å². The summed E-state index contributed by atoms with van der Waals surface area (Å²) in [6.45, 7) is 8.87. The van der Waals surface area contributed by atoms with Crippen LogP contribution < -0.4 is 0 Å². The van der Waals surface area contributed by atoms with E-state index in [0.717, 1.165) is 54.0 Å². The van der Waals surface area contributed by atoms with E-state index in [0.29, 0.717) is 18.0 Å². The monoisotopic (exact) mass is 403 g/mol. The Labute approximate surface area is 178 Å². The number of nitrogens with zero attached hydrogens (tertiary/aromatic N) is 3. The maximum absolute atomic E-state index is 11.5. The summed E-state index contributed by atoms with van der Waals surface area (Å²) in [5, 5.41) is 14.2. The van der Waals surface area contributed by atoms with Crippen molar-refractivity contribution in [3.8, 4) is 11.1 Å². The largest absolute Gasteiger partial charge is 0.478 e. The van der Waals surface area contributed by atoms with Crippen molar-refractivity contribution in [3.63, 3.8) is 0 Å². The van der Waals surface area contributed by atoms with Crippen molar-refractivity contribution in [2.75, 3.05) is 0 Å². The molecule has 0 aliphatic rings. The molecule has 0 amide bonds. The number of hydrogen-bond acceptors (Lipinski definition) is 3. The summed E-state index contributed by atoms with van der Waals surface area (Å²) in [6, 6.07) is 15.1. The van der Waals surface area contributed by atoms with E-state index in [1.54, 1.807) is 12.1 Å². The highest BCUT2D eigenvalue weighted by Gasteiger charge is 2.13. The van der Waals surface area contributed by atoms with Gasteiger partial charge in [-0.15, -0.1) is 6.58 Å². The third kappa shape index (κ3) is 5.44. The molecule has 1 heterocycles. The van der Waals surface area contributed by atoms with Crippen LogP contribution >= 0.6 is 0 Å². The van der Waals surface area contributed by atoms with Gasteiger partial charge in [-0.05, 0) is 41.5 Å². The summed E-state index contributed by atoms with van der Waals surface area (Å²) in [5.74, 6) is 1.58. The molecule has 0 fully saturated rings. The lowest BCUT2D eigenvalue weighted by atomic mass is 9.99. The quantitative estimate of drug-likeness (QED) is 0.460. The first-order valence-electron chi connectivity index (χ1n) is 10.4. The number of aryl methyl sites for hydroxylation is 2. The molecule has 0 radical (unpaired) electrons. The highest BCUT2D eigenvalue weighted by Crippen LogP contribution is 2.24. The molecule has 0 atom stereocenters. The second-order valence-electron chi connectivity index (χ2n) is 7.91. The second-order valence-corrected chi connectivity index (χ2v) is 7.91. The van der Waals surface area contributed by atoms with E-state index in [1.165, 1.54) is 0 Å². The number of aromatic nitrogens is 3. The van der Waals surface area contributed by atoms with E-state index in [2.05, 4.69) is 20.4 Å². The molecular formula is C25H29N3O2. The molecule has 3 rings (SSSR count). The molecule has 0 saturated heterocycles. The molecule has 2 aromatic carbocycles. The Balaban J connectivity index is 1.81. The number of rotatable bonds is 10. The standard InChI is InChI=1S/C25H29N3O2/c1-4-5-10-24-26-23(16-11-18(2)3)27-28(24)17-19-12-14-20(15-13-19)21-8-6-7-9-22(21)25(29)30/h4,6-9,12-15,18H,1,5,10-11,16-17H2,2-3H3,(H,29,30). The molecule has 0 aliphatic heterocycles. The van der Waals surface area contributed by atoms with Crippen molar-refractivity contribution < 1.29 is 9.90 Å². The van der Waals surface area contributed by atoms with E-state index >= 15 is 0 Å². The summed E-state index contributed by atoms with van der Waals surface area (Å²) in [6.07, 6.45) is 5.55. The van der Waals surface area contributed by atoms with Crippen molar-refractivity contribution in [2.24, 2.45) is 5.92 Å². The van der Waals surface area contributed by atoms with Gasteiger partial charge in [0, 0.05) is 12.8 Å². The van der Waals surface area contributed by atoms with Crippen molar-refractivity contribution >= 4 is 5.97 Å². The van der Waals surface area contributed by atoms with E-state index < -0.39 is 5.97 Å². The lowest BCUT2D eigenvalue weighted by Gasteiger charge is -2.09. The molecule has 0 saturated carbocycles. The minimum atomic E-state index is -0.918. The van der Waals surface area contributed by atoms with Crippen LogP contribution in [0, 0.1) is 5.92 Å². The van der Waals surface area contributed by atoms with Crippen LogP contribution in [-0.4, -0.2) is 25.8 Å². The summed E-state index contributed by atoms with van der Waals surface area (Å²) in [5.41, 5.74) is 3.02. The number of carbonyl (C=O) groups is 1. The third-order valence-electron chi connectivity index (χ3n) is 5.06. The van der Waals surface area contributed by atoms with Crippen LogP contribution in [0.3, 0.4) is 0 Å². The normalized spacial score (nSPS) is 11.0. The fraction of sp³-hybridized carbons (Fsp3) is 0.320. The SMILES string of the molecule is C=CCCc1nc(CCC(C)C)nn1Cc1ccc(-c2ccccc2C(=O)O)cc1. The predicted octanol–water partition coefficient (Wildman–Crippen LogP) is 5.40. The maximum Gasteiger partial charge on any atom is 0.336 e. The van der Waals surface area contributed by atoms with Crippen LogP contribution in [-0.2, 0) is 19.4 Å². The third-order valence-corrected chi connectivity index (χ3v) is 5.06. The van der Waals surface area contributed by atoms with Crippen LogP contribution in [0.25, 0.3) is 11.1 Å². The zero-order valence-electron chi connectivity index (χ0n) is 17.7. The minimum Gasteiger partial charge on any atom is -0.478 e. The summed E-state index contributed by atoms with van der Waals surface area (Å²) >= 11 is 0. The Bertz CT molecular complexity index is 1000. The van der Waals surface area contributed by atoms with E-state index in [9.17, 15) is 9.90 Å². The molecule has 0 bridgehead atoms. The number of carboxylic acid groups (broad SMARTS) is 1. The molecule has 0 spiro atoms. The maximum atomic E-state index is 11.5. The van der Waals surface area contributed by atoms with Crippen molar-refractivity contribution in [3.05, 3.63) is 84.0 Å². The van der Waals surface area contributed by atoms with Gasteiger partial charge in [0.2, 0.25) is 0 Å². The van der Waals surface area contributed by atoms with Crippen LogP contribution in [0.4, 0.5) is 0 Å². The smallest absolute Gasteiger partial charge is 0.336 e. The Morgan fingerprint density at radius 2 is 1.87 bits per heavy atom. The van der Waals surface area contributed by atoms with Gasteiger partial charge >= 0.3 is 5.97 Å². The lowest BCUT2D eigenvalue weighted by Crippen LogP contribution is -2.07. The lowest BCUT2D eigenvalue weighted by molar-refractivity contribution is 0.0697. The highest BCUT2D eigenvalue weighted by atomic mass is 16.4. The van der Waals surface area contributed by atoms with Gasteiger partial charge in [-0.3, -0.25) is 0 Å². The zero-order valence-corrected chi connectivity index (χ0v) is 17.7. The molecule has 156 valence electrons. The van der Waals surface area contributed by atoms with Crippen LogP contribution in [0.1, 0.15) is 54.3 Å². The van der Waals surface area contributed by atoms with Gasteiger partial charge in [-0.25, -0.2) is 14.5 Å². The molecule has 5 heteroatoms. The van der Waals surface area contributed by atoms with Gasteiger partial charge in [0.25, 0.3) is 0 Å². The van der Waals surface area contributed by atoms with E-state index in [1.807, 2.05) is 47.2 Å². The zero-order chi connectivity index (χ0) is 21.5. The van der Waals surface area contributed by atoms with Crippen LogP contribution in [0.15, 0.2) is 61.2 Å². The number of benzene rings is 2. The Kier molecular flexibility index (Phi) is 7.17. The highest BCUT2D eigenvalue weighted by molar-refractivity contribution is 5.95. The average Bonchev–Trinajstić information content (AvgIpc) is 3.12. The number of hydrogen-bond donors (Lipinski definition) is 1. The first-order chi connectivity index (χ1) is 14.5. The van der Waals surface area contributed by atoms with Gasteiger partial charge in [0.05, 0.1) is 12.1 Å². The predicted molar refractivity (Wildman–Crippen MR) is 120 cm³/mol. The van der Waals surface area contributed by atoms with Gasteiger partial charge in [-0.2, -0.15) is 5.10 Å². The Morgan fingerprint density at radius 1 is 1.13 bits per heavy atom. The van der Waals surface area contributed by atoms with Gasteiger partial charge in [0.1, 0.15) is 5.82 Å². The molecule has 3 aromatic rings. The van der Waals surface area contributed by atoms with Gasteiger partial charge in [0.15, 0.2) is 5.82 Å². The van der Waals surface area contributed by atoms with Crippen LogP contribution in [0.5, 0.6) is 0 Å². The Morgan fingerprint density at radius 3 is 2.53 bits per heavy atom. The first kappa shape index (κ1) is 21.5. The molecule has 0 unspecified atom stereocenters. The van der Waals surface area contributed by atoms with E-state index in [4.69, 9.17) is 10.1 Å². The van der Waals surface area contributed by atoms with Crippen molar-refractivity contribution in [1.82, 2.24) is 14.8 Å². The average molecular weight is 404 g/mol. The summed E-state index contributed by atoms with van der Waals surface area (Å²) in [7, 11) is 0. The molecule has 1 N–H and O–H groups in total. The van der Waals surface area contributed by atoms with Gasteiger partial charge in [-0.1, -0.05) is 62.4 Å². The summed E-state index contributed by atoms with van der Waals surface area (Å²) < 4.78 is 1.99. The number of aromatic carboxylic acids is 1. The molecule has 1 aromatic heterocycles. The molecule has 5 nitrogen and oxygen atoms in total. The fourth-order valence-electron chi connectivity index (χ4n) is 3.38. The molecule has 30 heavy (non-hydrogen) atoms. The molecule has 0 aliphatic carbocycles. The van der Waals surface area contributed by atoms with Crippen molar-refractivity contribution in [2.45, 2.75) is 46.1 Å². The number of allylic oxidation sites excluding steroid dienone is 1. The fourth-order valence-corrected chi connectivity index (χ4v) is 3.38. The first-order valence-corrected chi connectivity index (χ1v) is 10.4. The minimum absolute atomic E-state index is 0.308. The van der Waals surface area contributed by atoms with Crippen molar-refractivity contribution in [1.29, 1.82) is 0 Å². The van der Waals surface area contributed by atoms with Crippen LogP contribution in [0.2, 0.25) is 0 Å². The Hall–Kier alpha value is -3.21.